The van der Waals surface area contributed by atoms with Gasteiger partial charge in [0.1, 0.15) is 6.04 Å². The summed E-state index contributed by atoms with van der Waals surface area (Å²) in [6.45, 7) is 0.404. The van der Waals surface area contributed by atoms with Crippen LogP contribution in [0.25, 0.3) is 0 Å². The summed E-state index contributed by atoms with van der Waals surface area (Å²) in [6, 6.07) is 7.40. The number of amides is 2. The molecule has 2 aliphatic rings. The summed E-state index contributed by atoms with van der Waals surface area (Å²) in [7, 11) is 0. The van der Waals surface area contributed by atoms with Crippen LogP contribution in [0.3, 0.4) is 0 Å². The van der Waals surface area contributed by atoms with Crippen molar-refractivity contribution in [3.05, 3.63) is 34.9 Å². The van der Waals surface area contributed by atoms with Crippen LogP contribution in [0.15, 0.2) is 24.3 Å². The average Bonchev–Trinajstić information content (AvgIpc) is 3.12. The first-order chi connectivity index (χ1) is 10.6. The quantitative estimate of drug-likeness (QED) is 0.927. The smallest absolute Gasteiger partial charge is 0.243 e. The third-order valence-corrected chi connectivity index (χ3v) is 5.00. The van der Waals surface area contributed by atoms with E-state index >= 15 is 0 Å². The van der Waals surface area contributed by atoms with Gasteiger partial charge in [0.25, 0.3) is 0 Å². The van der Waals surface area contributed by atoms with Crippen molar-refractivity contribution in [3.8, 4) is 0 Å². The molecule has 0 bridgehead atoms. The molecule has 2 fully saturated rings. The number of likely N-dealkylation sites (tertiary alicyclic amines) is 1. The molecule has 1 N–H and O–H groups in total. The normalized spacial score (nSPS) is 22.3. The number of carbonyl (C=O) groups excluding carboxylic acids is 2. The molecule has 0 radical (unpaired) electrons. The number of nitrogens with zero attached hydrogens (tertiary/aromatic N) is 1. The van der Waals surface area contributed by atoms with Gasteiger partial charge in [-0.25, -0.2) is 0 Å². The Hall–Kier alpha value is -1.55. The number of carbonyl (C=O) groups is 2. The van der Waals surface area contributed by atoms with E-state index in [4.69, 9.17) is 11.6 Å². The molecule has 2 amide bonds. The topological polar surface area (TPSA) is 49.4 Å². The van der Waals surface area contributed by atoms with Crippen LogP contribution >= 0.6 is 11.6 Å². The van der Waals surface area contributed by atoms with Gasteiger partial charge in [-0.05, 0) is 30.9 Å². The minimum absolute atomic E-state index is 0.00944. The van der Waals surface area contributed by atoms with Crippen molar-refractivity contribution in [2.45, 2.75) is 57.2 Å². The molecule has 118 valence electrons. The summed E-state index contributed by atoms with van der Waals surface area (Å²) in [5.41, 5.74) is 0.887. The van der Waals surface area contributed by atoms with Gasteiger partial charge in [-0.2, -0.15) is 0 Å². The second-order valence-electron chi connectivity index (χ2n) is 6.16. The fraction of sp³-hybridized carbons (Fsp3) is 0.529. The highest BCUT2D eigenvalue weighted by molar-refractivity contribution is 6.31. The van der Waals surface area contributed by atoms with Crippen LogP contribution < -0.4 is 5.32 Å². The minimum Gasteiger partial charge on any atom is -0.352 e. The number of nitrogens with one attached hydrogen (secondary N) is 1. The molecule has 1 atom stereocenters. The van der Waals surface area contributed by atoms with E-state index in [1.807, 2.05) is 24.3 Å². The molecule has 0 spiro atoms. The number of benzene rings is 1. The number of halogens is 1. The first kappa shape index (κ1) is 15.3. The van der Waals surface area contributed by atoms with Gasteiger partial charge in [0.05, 0.1) is 0 Å². The van der Waals surface area contributed by atoms with Crippen LogP contribution in [0, 0.1) is 0 Å². The van der Waals surface area contributed by atoms with Crippen molar-refractivity contribution in [2.24, 2.45) is 0 Å². The molecule has 4 nitrogen and oxygen atoms in total. The summed E-state index contributed by atoms with van der Waals surface area (Å²) in [6.07, 6.45) is 5.50. The van der Waals surface area contributed by atoms with Gasteiger partial charge in [-0.1, -0.05) is 42.6 Å². The Morgan fingerprint density at radius 3 is 2.68 bits per heavy atom. The Balaban J connectivity index is 1.69. The fourth-order valence-electron chi connectivity index (χ4n) is 3.38. The third-order valence-electron chi connectivity index (χ3n) is 4.63. The summed E-state index contributed by atoms with van der Waals surface area (Å²) < 4.78 is 0. The van der Waals surface area contributed by atoms with Gasteiger partial charge >= 0.3 is 0 Å². The highest BCUT2D eigenvalue weighted by Gasteiger charge is 2.37. The molecule has 1 saturated heterocycles. The van der Waals surface area contributed by atoms with Crippen LogP contribution in [0.4, 0.5) is 0 Å². The lowest BCUT2D eigenvalue weighted by Gasteiger charge is -2.26. The Morgan fingerprint density at radius 1 is 1.23 bits per heavy atom. The number of rotatable bonds is 4. The van der Waals surface area contributed by atoms with Gasteiger partial charge in [0, 0.05) is 24.0 Å². The lowest BCUT2D eigenvalue weighted by molar-refractivity contribution is -0.136. The van der Waals surface area contributed by atoms with Crippen LogP contribution in [-0.4, -0.2) is 28.8 Å². The lowest BCUT2D eigenvalue weighted by atomic mass is 10.1. The van der Waals surface area contributed by atoms with Gasteiger partial charge in [-0.3, -0.25) is 9.59 Å². The van der Waals surface area contributed by atoms with E-state index in [-0.39, 0.29) is 23.9 Å². The zero-order valence-corrected chi connectivity index (χ0v) is 13.3. The summed E-state index contributed by atoms with van der Waals surface area (Å²) in [5, 5.41) is 3.74. The van der Waals surface area contributed by atoms with Crippen molar-refractivity contribution in [3.63, 3.8) is 0 Å². The number of hydrogen-bond donors (Lipinski definition) is 1. The average molecular weight is 321 g/mol. The fourth-order valence-corrected chi connectivity index (χ4v) is 3.58. The molecule has 1 unspecified atom stereocenters. The molecule has 22 heavy (non-hydrogen) atoms. The van der Waals surface area contributed by atoms with Crippen LogP contribution in [0.2, 0.25) is 5.02 Å². The Morgan fingerprint density at radius 2 is 1.95 bits per heavy atom. The maximum atomic E-state index is 12.5. The van der Waals surface area contributed by atoms with Crippen LogP contribution in [-0.2, 0) is 16.1 Å². The highest BCUT2D eigenvalue weighted by atomic mass is 35.5. The molecule has 1 aliphatic heterocycles. The Bertz CT molecular complexity index is 570. The lowest BCUT2D eigenvalue weighted by Crippen LogP contribution is -2.47. The predicted octanol–water partition coefficient (Wildman–Crippen LogP) is 2.89. The van der Waals surface area contributed by atoms with Crippen molar-refractivity contribution in [1.29, 1.82) is 0 Å². The molecular formula is C17H21ClN2O2. The van der Waals surface area contributed by atoms with E-state index in [1.165, 1.54) is 12.8 Å². The summed E-state index contributed by atoms with van der Waals surface area (Å²) >= 11 is 6.18. The Labute approximate surface area is 135 Å². The summed E-state index contributed by atoms with van der Waals surface area (Å²) in [5.74, 6) is 0.0243. The van der Waals surface area contributed by atoms with Gasteiger partial charge in [-0.15, -0.1) is 0 Å². The second kappa shape index (κ2) is 6.69. The maximum Gasteiger partial charge on any atom is 0.243 e. The minimum atomic E-state index is -0.357. The summed E-state index contributed by atoms with van der Waals surface area (Å²) in [4.78, 5) is 26.3. The maximum absolute atomic E-state index is 12.5. The van der Waals surface area contributed by atoms with E-state index in [0.29, 0.717) is 24.4 Å². The van der Waals surface area contributed by atoms with E-state index < -0.39 is 0 Å². The van der Waals surface area contributed by atoms with Gasteiger partial charge in [0.2, 0.25) is 11.8 Å². The molecule has 5 heteroatoms. The van der Waals surface area contributed by atoms with E-state index in [2.05, 4.69) is 5.32 Å². The van der Waals surface area contributed by atoms with E-state index in [9.17, 15) is 9.59 Å². The monoisotopic (exact) mass is 320 g/mol. The largest absolute Gasteiger partial charge is 0.352 e. The van der Waals surface area contributed by atoms with Gasteiger partial charge < -0.3 is 10.2 Å². The van der Waals surface area contributed by atoms with Gasteiger partial charge in [0.15, 0.2) is 0 Å². The third kappa shape index (κ3) is 3.27. The highest BCUT2D eigenvalue weighted by Crippen LogP contribution is 2.26. The van der Waals surface area contributed by atoms with Crippen LogP contribution in [0.5, 0.6) is 0 Å². The standard InChI is InChI=1S/C17H21ClN2O2/c18-14-8-4-1-5-12(14)11-20-15(9-10-16(20)21)17(22)19-13-6-2-3-7-13/h1,4-5,8,13,15H,2-3,6-7,9-11H2,(H,19,22). The van der Waals surface area contributed by atoms with Crippen molar-refractivity contribution >= 4 is 23.4 Å². The molecule has 0 aromatic heterocycles. The van der Waals surface area contributed by atoms with Crippen molar-refractivity contribution in [2.75, 3.05) is 0 Å². The van der Waals surface area contributed by atoms with E-state index in [0.717, 1.165) is 18.4 Å². The molecule has 1 saturated carbocycles. The van der Waals surface area contributed by atoms with E-state index in [1.54, 1.807) is 4.90 Å². The SMILES string of the molecule is O=C(NC1CCCC1)C1CCC(=O)N1Cc1ccccc1Cl. The molecule has 1 aromatic carbocycles. The van der Waals surface area contributed by atoms with Crippen molar-refractivity contribution < 1.29 is 9.59 Å². The van der Waals surface area contributed by atoms with Crippen LogP contribution in [0.1, 0.15) is 44.1 Å². The molecule has 1 aliphatic carbocycles. The first-order valence-corrected chi connectivity index (χ1v) is 8.36. The molecule has 1 aromatic rings. The molecule has 3 rings (SSSR count). The predicted molar refractivity (Wildman–Crippen MR) is 85.4 cm³/mol. The zero-order chi connectivity index (χ0) is 15.5. The molecule has 1 heterocycles. The zero-order valence-electron chi connectivity index (χ0n) is 12.6. The Kier molecular flexibility index (Phi) is 4.67. The second-order valence-corrected chi connectivity index (χ2v) is 6.56. The first-order valence-electron chi connectivity index (χ1n) is 7.98. The molecular weight excluding hydrogens is 300 g/mol. The van der Waals surface area contributed by atoms with Crippen molar-refractivity contribution in [1.82, 2.24) is 10.2 Å². The number of hydrogen-bond acceptors (Lipinski definition) is 2.